The molecule has 6 heteroatoms. The summed E-state index contributed by atoms with van der Waals surface area (Å²) in [4.78, 5) is 4.66. The molecule has 4 nitrogen and oxygen atoms in total. The fraction of sp³-hybridized carbons (Fsp3) is 0.0526. The lowest BCUT2D eigenvalue weighted by Crippen LogP contribution is -2.02. The molecule has 2 aromatic carbocycles. The van der Waals surface area contributed by atoms with Gasteiger partial charge >= 0.3 is 0 Å². The highest BCUT2D eigenvalue weighted by Crippen LogP contribution is 2.28. The van der Waals surface area contributed by atoms with Gasteiger partial charge in [-0.15, -0.1) is 0 Å². The summed E-state index contributed by atoms with van der Waals surface area (Å²) in [6.45, 7) is 1.96. The van der Waals surface area contributed by atoms with Crippen LogP contribution in [0.25, 0.3) is 16.8 Å². The fourth-order valence-electron chi connectivity index (χ4n) is 2.77. The molecule has 0 amide bonds. The van der Waals surface area contributed by atoms with Gasteiger partial charge in [0.1, 0.15) is 5.82 Å². The third-order valence-electron chi connectivity index (χ3n) is 3.82. The summed E-state index contributed by atoms with van der Waals surface area (Å²) in [5.74, 6) is 0.794. The first kappa shape index (κ1) is 15.9. The monoisotopic (exact) mass is 368 g/mol. The van der Waals surface area contributed by atoms with Gasteiger partial charge in [0.15, 0.2) is 5.65 Å². The molecule has 0 fully saturated rings. The molecule has 1 N–H and O–H groups in total. The minimum atomic E-state index is 0.572. The number of rotatable bonds is 3. The summed E-state index contributed by atoms with van der Waals surface area (Å²) >= 11 is 12.2. The van der Waals surface area contributed by atoms with Crippen LogP contribution in [0.4, 0.5) is 11.5 Å². The zero-order valence-electron chi connectivity index (χ0n) is 13.4. The number of benzene rings is 2. The Morgan fingerprint density at radius 2 is 1.68 bits per heavy atom. The second kappa shape index (κ2) is 6.39. The number of aromatic nitrogens is 3. The fourth-order valence-corrected chi connectivity index (χ4v) is 3.29. The number of anilines is 2. The van der Waals surface area contributed by atoms with Crippen LogP contribution in [0.5, 0.6) is 0 Å². The van der Waals surface area contributed by atoms with Crippen molar-refractivity contribution in [3.8, 4) is 11.1 Å². The van der Waals surface area contributed by atoms with Crippen molar-refractivity contribution in [1.82, 2.24) is 14.6 Å². The number of nitrogens with one attached hydrogen (secondary N) is 1. The van der Waals surface area contributed by atoms with Gasteiger partial charge < -0.3 is 5.32 Å². The van der Waals surface area contributed by atoms with Crippen molar-refractivity contribution in [2.75, 3.05) is 5.32 Å². The van der Waals surface area contributed by atoms with Crippen LogP contribution in [0.1, 0.15) is 5.69 Å². The summed E-state index contributed by atoms with van der Waals surface area (Å²) < 4.78 is 1.78. The van der Waals surface area contributed by atoms with Crippen molar-refractivity contribution < 1.29 is 0 Å². The van der Waals surface area contributed by atoms with Crippen molar-refractivity contribution in [3.05, 3.63) is 76.5 Å². The molecular formula is C19H14Cl2N4. The Morgan fingerprint density at radius 3 is 2.40 bits per heavy atom. The second-order valence-electron chi connectivity index (χ2n) is 5.73. The van der Waals surface area contributed by atoms with Crippen LogP contribution >= 0.6 is 23.2 Å². The summed E-state index contributed by atoms with van der Waals surface area (Å²) in [7, 11) is 0. The van der Waals surface area contributed by atoms with Crippen LogP contribution in [0, 0.1) is 6.92 Å². The van der Waals surface area contributed by atoms with Crippen molar-refractivity contribution in [2.24, 2.45) is 0 Å². The quantitative estimate of drug-likeness (QED) is 0.500. The van der Waals surface area contributed by atoms with E-state index in [2.05, 4.69) is 15.4 Å². The SMILES string of the molecule is Cc1cc(Nc2cc(Cl)cc(Cl)c2)n2ncc(-c3ccccc3)c2n1. The van der Waals surface area contributed by atoms with E-state index in [1.54, 1.807) is 10.6 Å². The Morgan fingerprint density at radius 1 is 0.960 bits per heavy atom. The van der Waals surface area contributed by atoms with Gasteiger partial charge in [-0.05, 0) is 30.7 Å². The van der Waals surface area contributed by atoms with E-state index in [-0.39, 0.29) is 0 Å². The number of fused-ring (bicyclic) bond motifs is 1. The van der Waals surface area contributed by atoms with Crippen molar-refractivity contribution in [1.29, 1.82) is 0 Å². The molecule has 0 saturated carbocycles. The van der Waals surface area contributed by atoms with Gasteiger partial charge in [0.25, 0.3) is 0 Å². The van der Waals surface area contributed by atoms with Gasteiger partial charge in [-0.25, -0.2) is 4.98 Å². The molecule has 0 aliphatic carbocycles. The summed E-state index contributed by atoms with van der Waals surface area (Å²) in [6, 6.07) is 17.4. The topological polar surface area (TPSA) is 42.2 Å². The van der Waals surface area contributed by atoms with E-state index >= 15 is 0 Å². The maximum atomic E-state index is 6.09. The van der Waals surface area contributed by atoms with Gasteiger partial charge in [-0.3, -0.25) is 0 Å². The van der Waals surface area contributed by atoms with Gasteiger partial charge in [0.05, 0.1) is 6.20 Å². The van der Waals surface area contributed by atoms with Crippen LogP contribution in [0.15, 0.2) is 60.8 Å². The van der Waals surface area contributed by atoms with Crippen LogP contribution in [0.2, 0.25) is 10.0 Å². The molecule has 0 aliphatic heterocycles. The van der Waals surface area contributed by atoms with E-state index in [0.717, 1.165) is 34.0 Å². The highest BCUT2D eigenvalue weighted by atomic mass is 35.5. The van der Waals surface area contributed by atoms with Crippen molar-refractivity contribution >= 4 is 40.4 Å². The average molecular weight is 369 g/mol. The highest BCUT2D eigenvalue weighted by Gasteiger charge is 2.12. The predicted octanol–water partition coefficient (Wildman–Crippen LogP) is 5.76. The van der Waals surface area contributed by atoms with E-state index in [9.17, 15) is 0 Å². The largest absolute Gasteiger partial charge is 0.340 e. The zero-order chi connectivity index (χ0) is 17.4. The first-order valence-electron chi connectivity index (χ1n) is 7.74. The number of hydrogen-bond acceptors (Lipinski definition) is 3. The number of hydrogen-bond donors (Lipinski definition) is 1. The molecule has 0 bridgehead atoms. The zero-order valence-corrected chi connectivity index (χ0v) is 14.9. The number of halogens is 2. The minimum Gasteiger partial charge on any atom is -0.340 e. The Hall–Kier alpha value is -2.56. The minimum absolute atomic E-state index is 0.572. The van der Waals surface area contributed by atoms with E-state index in [0.29, 0.717) is 10.0 Å². The molecule has 124 valence electrons. The lowest BCUT2D eigenvalue weighted by Gasteiger charge is -2.10. The third kappa shape index (κ3) is 3.18. The maximum absolute atomic E-state index is 6.09. The van der Waals surface area contributed by atoms with E-state index in [4.69, 9.17) is 23.2 Å². The lowest BCUT2D eigenvalue weighted by atomic mass is 10.1. The molecular weight excluding hydrogens is 355 g/mol. The predicted molar refractivity (Wildman–Crippen MR) is 103 cm³/mol. The van der Waals surface area contributed by atoms with E-state index in [1.165, 1.54) is 0 Å². The van der Waals surface area contributed by atoms with Crippen LogP contribution in [-0.4, -0.2) is 14.6 Å². The first-order valence-corrected chi connectivity index (χ1v) is 8.50. The molecule has 0 unspecified atom stereocenters. The van der Waals surface area contributed by atoms with Gasteiger partial charge in [-0.1, -0.05) is 53.5 Å². The Kier molecular flexibility index (Phi) is 4.07. The van der Waals surface area contributed by atoms with Crippen LogP contribution in [0.3, 0.4) is 0 Å². The third-order valence-corrected chi connectivity index (χ3v) is 4.26. The lowest BCUT2D eigenvalue weighted by molar-refractivity contribution is 0.938. The standard InChI is InChI=1S/C19H14Cl2N4/c1-12-7-18(24-16-9-14(20)8-15(21)10-16)25-19(23-12)17(11-22-25)13-5-3-2-4-6-13/h2-11,24H,1H3. The van der Waals surface area contributed by atoms with Gasteiger partial charge in [0, 0.05) is 33.1 Å². The molecule has 2 aromatic heterocycles. The Labute approximate surface area is 155 Å². The molecule has 0 saturated heterocycles. The summed E-state index contributed by atoms with van der Waals surface area (Å²) in [6.07, 6.45) is 1.83. The Bertz CT molecular complexity index is 1040. The second-order valence-corrected chi connectivity index (χ2v) is 6.60. The molecule has 25 heavy (non-hydrogen) atoms. The van der Waals surface area contributed by atoms with Crippen molar-refractivity contribution in [3.63, 3.8) is 0 Å². The smallest absolute Gasteiger partial charge is 0.165 e. The molecule has 4 rings (SSSR count). The maximum Gasteiger partial charge on any atom is 0.165 e. The normalized spacial score (nSPS) is 11.0. The van der Waals surface area contributed by atoms with Gasteiger partial charge in [0.2, 0.25) is 0 Å². The molecule has 0 aliphatic rings. The van der Waals surface area contributed by atoms with E-state index in [1.807, 2.05) is 61.7 Å². The van der Waals surface area contributed by atoms with E-state index < -0.39 is 0 Å². The van der Waals surface area contributed by atoms with Crippen LogP contribution in [-0.2, 0) is 0 Å². The Balaban J connectivity index is 1.83. The molecule has 0 spiro atoms. The average Bonchev–Trinajstić information content (AvgIpc) is 2.98. The highest BCUT2D eigenvalue weighted by molar-refractivity contribution is 6.35. The summed E-state index contributed by atoms with van der Waals surface area (Å²) in [5, 5.41) is 8.97. The van der Waals surface area contributed by atoms with Gasteiger partial charge in [-0.2, -0.15) is 9.61 Å². The number of nitrogens with zero attached hydrogens (tertiary/aromatic N) is 3. The first-order chi connectivity index (χ1) is 12.1. The molecule has 0 atom stereocenters. The summed E-state index contributed by atoms with van der Waals surface area (Å²) in [5.41, 5.74) is 4.53. The molecule has 4 aromatic rings. The number of aryl methyl sites for hydroxylation is 1. The van der Waals surface area contributed by atoms with Crippen LogP contribution < -0.4 is 5.32 Å². The molecule has 0 radical (unpaired) electrons. The molecule has 2 heterocycles. The van der Waals surface area contributed by atoms with Crippen molar-refractivity contribution in [2.45, 2.75) is 6.92 Å².